The summed E-state index contributed by atoms with van der Waals surface area (Å²) in [5, 5.41) is 0. The van der Waals surface area contributed by atoms with Crippen LogP contribution in [-0.2, 0) is 19.2 Å². The number of ether oxygens (including phenoxy) is 1. The monoisotopic (exact) mass is 582 g/mol. The molecule has 2 fully saturated rings. The first-order valence-corrected chi connectivity index (χ1v) is 15.1. The number of benzene rings is 4. The summed E-state index contributed by atoms with van der Waals surface area (Å²) in [4.78, 5) is 57.0. The van der Waals surface area contributed by atoms with E-state index in [0.29, 0.717) is 17.0 Å². The van der Waals surface area contributed by atoms with Gasteiger partial charge in [-0.05, 0) is 72.0 Å². The Labute approximate surface area is 255 Å². The molecule has 0 N–H and O–H groups in total. The van der Waals surface area contributed by atoms with Crippen LogP contribution in [0.4, 0.5) is 11.4 Å². The molecule has 218 valence electrons. The van der Waals surface area contributed by atoms with Crippen molar-refractivity contribution < 1.29 is 23.9 Å². The van der Waals surface area contributed by atoms with Gasteiger partial charge < -0.3 is 9.64 Å². The number of amides is 3. The molecule has 3 aliphatic carbocycles. The average molecular weight is 583 g/mol. The Morgan fingerprint density at radius 1 is 0.727 bits per heavy atom. The minimum atomic E-state index is -0.590. The lowest BCUT2D eigenvalue weighted by Gasteiger charge is -2.45. The van der Waals surface area contributed by atoms with Crippen molar-refractivity contribution in [3.63, 3.8) is 0 Å². The fraction of sp³-hybridized carbons (Fsp3) is 0.243. The Bertz CT molecular complexity index is 1780. The van der Waals surface area contributed by atoms with E-state index in [4.69, 9.17) is 4.74 Å². The Morgan fingerprint density at radius 3 is 1.80 bits per heavy atom. The van der Waals surface area contributed by atoms with Gasteiger partial charge in [0.15, 0.2) is 0 Å². The van der Waals surface area contributed by atoms with E-state index in [2.05, 4.69) is 24.3 Å². The lowest BCUT2D eigenvalue weighted by Crippen LogP contribution is -2.41. The molecule has 2 bridgehead atoms. The van der Waals surface area contributed by atoms with Crippen molar-refractivity contribution in [1.82, 2.24) is 0 Å². The van der Waals surface area contributed by atoms with Crippen molar-refractivity contribution in [2.45, 2.75) is 32.1 Å². The van der Waals surface area contributed by atoms with E-state index in [9.17, 15) is 19.2 Å². The van der Waals surface area contributed by atoms with Crippen molar-refractivity contribution >= 4 is 35.1 Å². The number of hydrogen-bond acceptors (Lipinski definition) is 5. The molecule has 0 unspecified atom stereocenters. The van der Waals surface area contributed by atoms with Crippen molar-refractivity contribution in [2.75, 3.05) is 16.3 Å². The molecule has 0 spiro atoms. The maximum Gasteiger partial charge on any atom is 0.316 e. The number of anilines is 2. The third-order valence-electron chi connectivity index (χ3n) is 9.88. The molecule has 3 amide bonds. The van der Waals surface area contributed by atoms with Gasteiger partial charge >= 0.3 is 5.97 Å². The molecule has 44 heavy (non-hydrogen) atoms. The molecule has 2 aliphatic heterocycles. The van der Waals surface area contributed by atoms with Gasteiger partial charge in [0, 0.05) is 30.5 Å². The standard InChI is InChI=1S/C37H30N2O5/c1-20-11-13-23(14-12-20)38-19-22(18-30(38)40)37(43)44-24-15-16-29(21(2)17-24)39-35(41)33-31-25-7-3-4-8-26(25)32(34(33)36(39)42)28-10-6-5-9-27(28)31/h3-17,22,31-34H,18-19H2,1-2H3/t22-,31?,32?,33-,34-/m1/s1. The van der Waals surface area contributed by atoms with Crippen LogP contribution in [0.5, 0.6) is 5.75 Å². The predicted octanol–water partition coefficient (Wildman–Crippen LogP) is 5.66. The van der Waals surface area contributed by atoms with Crippen LogP contribution in [0.25, 0.3) is 0 Å². The summed E-state index contributed by atoms with van der Waals surface area (Å²) in [6.07, 6.45) is 0.0798. The molecule has 0 saturated carbocycles. The van der Waals surface area contributed by atoms with Crippen LogP contribution >= 0.6 is 0 Å². The zero-order valence-electron chi connectivity index (χ0n) is 24.4. The number of aryl methyl sites for hydroxylation is 2. The highest BCUT2D eigenvalue weighted by molar-refractivity contribution is 6.23. The van der Waals surface area contributed by atoms with Crippen LogP contribution < -0.4 is 14.5 Å². The molecule has 7 heteroatoms. The van der Waals surface area contributed by atoms with E-state index < -0.39 is 23.7 Å². The van der Waals surface area contributed by atoms with Gasteiger partial charge in [0.05, 0.1) is 23.4 Å². The van der Waals surface area contributed by atoms with Gasteiger partial charge in [-0.25, -0.2) is 4.90 Å². The van der Waals surface area contributed by atoms with Gasteiger partial charge in [0.25, 0.3) is 0 Å². The summed E-state index contributed by atoms with van der Waals surface area (Å²) in [6.45, 7) is 4.05. The van der Waals surface area contributed by atoms with E-state index in [0.717, 1.165) is 33.5 Å². The highest BCUT2D eigenvalue weighted by atomic mass is 16.5. The van der Waals surface area contributed by atoms with Crippen molar-refractivity contribution in [2.24, 2.45) is 17.8 Å². The Balaban J connectivity index is 1.04. The normalized spacial score (nSPS) is 24.8. The van der Waals surface area contributed by atoms with E-state index in [1.807, 2.05) is 62.4 Å². The fourth-order valence-corrected chi connectivity index (χ4v) is 7.90. The van der Waals surface area contributed by atoms with E-state index in [1.54, 1.807) is 23.1 Å². The second kappa shape index (κ2) is 9.74. The van der Waals surface area contributed by atoms with Gasteiger partial charge in [-0.15, -0.1) is 0 Å². The van der Waals surface area contributed by atoms with Crippen LogP contribution in [0, 0.1) is 31.6 Å². The Hall–Kier alpha value is -5.04. The van der Waals surface area contributed by atoms with Crippen LogP contribution in [0.1, 0.15) is 51.6 Å². The number of nitrogens with zero attached hydrogens (tertiary/aromatic N) is 2. The molecule has 0 aromatic heterocycles. The maximum atomic E-state index is 14.1. The summed E-state index contributed by atoms with van der Waals surface area (Å²) < 4.78 is 5.72. The minimum Gasteiger partial charge on any atom is -0.426 e. The van der Waals surface area contributed by atoms with E-state index in [-0.39, 0.29) is 42.5 Å². The summed E-state index contributed by atoms with van der Waals surface area (Å²) in [7, 11) is 0. The lowest BCUT2D eigenvalue weighted by molar-refractivity contribution is -0.139. The fourth-order valence-electron chi connectivity index (χ4n) is 7.90. The quantitative estimate of drug-likeness (QED) is 0.176. The molecule has 4 aromatic carbocycles. The molecular formula is C37H30N2O5. The number of carbonyl (C=O) groups excluding carboxylic acids is 4. The molecule has 2 saturated heterocycles. The minimum absolute atomic E-state index is 0.0798. The smallest absolute Gasteiger partial charge is 0.316 e. The van der Waals surface area contributed by atoms with Crippen molar-refractivity contribution in [1.29, 1.82) is 0 Å². The van der Waals surface area contributed by atoms with Crippen LogP contribution in [0.2, 0.25) is 0 Å². The van der Waals surface area contributed by atoms with Gasteiger partial charge in [0.2, 0.25) is 17.7 Å². The highest BCUT2D eigenvalue weighted by Gasteiger charge is 2.61. The predicted molar refractivity (Wildman–Crippen MR) is 164 cm³/mol. The highest BCUT2D eigenvalue weighted by Crippen LogP contribution is 2.61. The van der Waals surface area contributed by atoms with Gasteiger partial charge in [0.1, 0.15) is 5.75 Å². The van der Waals surface area contributed by atoms with Crippen molar-refractivity contribution in [3.05, 3.63) is 124 Å². The largest absolute Gasteiger partial charge is 0.426 e. The molecule has 4 aromatic rings. The second-order valence-electron chi connectivity index (χ2n) is 12.4. The Morgan fingerprint density at radius 2 is 1.27 bits per heavy atom. The summed E-state index contributed by atoms with van der Waals surface area (Å²) in [5.41, 5.74) is 7.53. The van der Waals surface area contributed by atoms with Crippen LogP contribution in [0.3, 0.4) is 0 Å². The van der Waals surface area contributed by atoms with E-state index >= 15 is 0 Å². The number of rotatable bonds is 4. The number of esters is 1. The SMILES string of the molecule is Cc1ccc(N2C[C@H](C(=O)Oc3ccc(N4C(=O)[C@@H]5C6c7ccccc7C(c7ccccc76)[C@H]5C4=O)c(C)c3)CC2=O)cc1. The van der Waals surface area contributed by atoms with Gasteiger partial charge in [-0.3, -0.25) is 19.2 Å². The van der Waals surface area contributed by atoms with Gasteiger partial charge in [-0.1, -0.05) is 66.2 Å². The zero-order chi connectivity index (χ0) is 30.3. The Kier molecular flexibility index (Phi) is 5.88. The lowest BCUT2D eigenvalue weighted by atomic mass is 9.55. The second-order valence-corrected chi connectivity index (χ2v) is 12.4. The first kappa shape index (κ1) is 26.6. The molecule has 9 rings (SSSR count). The number of carbonyl (C=O) groups is 4. The summed E-state index contributed by atoms with van der Waals surface area (Å²) in [6, 6.07) is 29.0. The van der Waals surface area contributed by atoms with Crippen LogP contribution in [-0.4, -0.2) is 30.2 Å². The average Bonchev–Trinajstić information content (AvgIpc) is 3.55. The number of hydrogen-bond donors (Lipinski definition) is 0. The molecule has 0 radical (unpaired) electrons. The molecule has 5 aliphatic rings. The molecule has 7 nitrogen and oxygen atoms in total. The zero-order valence-corrected chi connectivity index (χ0v) is 24.4. The first-order valence-electron chi connectivity index (χ1n) is 15.1. The number of imide groups is 1. The third-order valence-corrected chi connectivity index (χ3v) is 9.88. The summed E-state index contributed by atoms with van der Waals surface area (Å²) in [5.74, 6) is -2.53. The topological polar surface area (TPSA) is 84.0 Å². The van der Waals surface area contributed by atoms with Crippen LogP contribution in [0.15, 0.2) is 91.0 Å². The maximum absolute atomic E-state index is 14.1. The van der Waals surface area contributed by atoms with Crippen molar-refractivity contribution in [3.8, 4) is 5.75 Å². The molecule has 3 atom stereocenters. The van der Waals surface area contributed by atoms with Gasteiger partial charge in [-0.2, -0.15) is 0 Å². The molecular weight excluding hydrogens is 552 g/mol. The first-order chi connectivity index (χ1) is 21.3. The molecule has 2 heterocycles. The summed E-state index contributed by atoms with van der Waals surface area (Å²) >= 11 is 0. The third kappa shape index (κ3) is 3.81. The van der Waals surface area contributed by atoms with E-state index in [1.165, 1.54) is 4.90 Å².